The average Bonchev–Trinajstić information content (AvgIpc) is 2.86. The minimum absolute atomic E-state index is 0.0122. The smallest absolute Gasteiger partial charge is 0.322 e. The van der Waals surface area contributed by atoms with Crippen molar-refractivity contribution in [3.63, 3.8) is 0 Å². The fraction of sp³-hybridized carbons (Fsp3) is 0.733. The van der Waals surface area contributed by atoms with E-state index >= 15 is 0 Å². The van der Waals surface area contributed by atoms with E-state index in [9.17, 15) is 4.79 Å². The molecule has 122 valence electrons. The summed E-state index contributed by atoms with van der Waals surface area (Å²) in [6.07, 6.45) is 2.59. The van der Waals surface area contributed by atoms with E-state index in [-0.39, 0.29) is 6.03 Å². The number of carbonyl (C=O) groups excluding carboxylic acids is 1. The summed E-state index contributed by atoms with van der Waals surface area (Å²) in [5.41, 5.74) is 0.915. The Hall–Kier alpha value is -1.21. The molecule has 0 radical (unpaired) electrons. The lowest BCUT2D eigenvalue weighted by Gasteiger charge is -2.40. The Morgan fingerprint density at radius 2 is 1.95 bits per heavy atom. The monoisotopic (exact) mass is 323 g/mol. The molecule has 0 bridgehead atoms. The van der Waals surface area contributed by atoms with Crippen LogP contribution in [0.4, 0.5) is 10.6 Å². The largest absolute Gasteiger partial charge is 0.323 e. The van der Waals surface area contributed by atoms with E-state index in [4.69, 9.17) is 0 Å². The van der Waals surface area contributed by atoms with Gasteiger partial charge in [0.15, 0.2) is 0 Å². The predicted molar refractivity (Wildman–Crippen MR) is 90.5 cm³/mol. The zero-order chi connectivity index (χ0) is 15.5. The highest BCUT2D eigenvalue weighted by molar-refractivity contribution is 7.99. The molecule has 7 heteroatoms. The zero-order valence-electron chi connectivity index (χ0n) is 13.4. The standard InChI is InChI=1S/C15H25N5OS/c1-12-11-14(18(2)17-12)16-15(21)20-7-5-19(6-8-20)13-3-9-22-10-4-13/h11,13H,3-10H2,1-2H3,(H,16,21). The molecule has 2 fully saturated rings. The number of hydrogen-bond acceptors (Lipinski definition) is 4. The number of urea groups is 1. The summed E-state index contributed by atoms with van der Waals surface area (Å²) in [4.78, 5) is 16.8. The second-order valence-corrected chi connectivity index (χ2v) is 7.32. The SMILES string of the molecule is Cc1cc(NC(=O)N2CCN(C3CCSCC3)CC2)n(C)n1. The molecule has 3 heterocycles. The van der Waals surface area contributed by atoms with Gasteiger partial charge >= 0.3 is 6.03 Å². The van der Waals surface area contributed by atoms with Crippen LogP contribution in [0.1, 0.15) is 18.5 Å². The Labute approximate surface area is 136 Å². The van der Waals surface area contributed by atoms with Gasteiger partial charge in [-0.15, -0.1) is 0 Å². The van der Waals surface area contributed by atoms with E-state index in [1.165, 1.54) is 24.3 Å². The number of rotatable bonds is 2. The van der Waals surface area contributed by atoms with E-state index in [0.29, 0.717) is 0 Å². The summed E-state index contributed by atoms with van der Waals surface area (Å²) >= 11 is 2.06. The van der Waals surface area contributed by atoms with Gasteiger partial charge in [0.25, 0.3) is 0 Å². The first-order valence-electron chi connectivity index (χ1n) is 8.02. The molecular weight excluding hydrogens is 298 g/mol. The topological polar surface area (TPSA) is 53.4 Å². The van der Waals surface area contributed by atoms with Crippen LogP contribution >= 0.6 is 11.8 Å². The normalized spacial score (nSPS) is 21.1. The molecule has 0 saturated carbocycles. The number of amides is 2. The summed E-state index contributed by atoms with van der Waals surface area (Å²) in [5, 5.41) is 7.22. The van der Waals surface area contributed by atoms with Crippen LogP contribution in [0.15, 0.2) is 6.07 Å². The second kappa shape index (κ2) is 6.91. The molecular formula is C15H25N5OS. The maximum Gasteiger partial charge on any atom is 0.323 e. The van der Waals surface area contributed by atoms with Crippen LogP contribution in [0.5, 0.6) is 0 Å². The fourth-order valence-corrected chi connectivity index (χ4v) is 4.34. The van der Waals surface area contributed by atoms with Gasteiger partial charge in [-0.2, -0.15) is 16.9 Å². The Bertz CT molecular complexity index is 518. The van der Waals surface area contributed by atoms with Crippen molar-refractivity contribution in [1.29, 1.82) is 0 Å². The number of piperazine rings is 1. The average molecular weight is 323 g/mol. The minimum atomic E-state index is -0.0122. The van der Waals surface area contributed by atoms with Crippen molar-refractivity contribution in [2.24, 2.45) is 7.05 Å². The maximum absolute atomic E-state index is 12.4. The lowest BCUT2D eigenvalue weighted by atomic mass is 10.1. The Morgan fingerprint density at radius 1 is 1.27 bits per heavy atom. The van der Waals surface area contributed by atoms with Crippen molar-refractivity contribution in [3.8, 4) is 0 Å². The summed E-state index contributed by atoms with van der Waals surface area (Å²) in [5.74, 6) is 3.32. The van der Waals surface area contributed by atoms with Crippen LogP contribution in [-0.2, 0) is 7.05 Å². The Balaban J connectivity index is 1.50. The van der Waals surface area contributed by atoms with Gasteiger partial charge in [-0.3, -0.25) is 14.9 Å². The molecule has 3 rings (SSSR count). The van der Waals surface area contributed by atoms with Crippen LogP contribution in [0.2, 0.25) is 0 Å². The van der Waals surface area contributed by atoms with E-state index < -0.39 is 0 Å². The maximum atomic E-state index is 12.4. The van der Waals surface area contributed by atoms with Crippen LogP contribution in [-0.4, -0.2) is 69.3 Å². The second-order valence-electron chi connectivity index (χ2n) is 6.09. The summed E-state index contributed by atoms with van der Waals surface area (Å²) in [6, 6.07) is 2.61. The van der Waals surface area contributed by atoms with Crippen molar-refractivity contribution >= 4 is 23.6 Å². The zero-order valence-corrected chi connectivity index (χ0v) is 14.2. The van der Waals surface area contributed by atoms with E-state index in [2.05, 4.69) is 27.1 Å². The number of hydrogen-bond donors (Lipinski definition) is 1. The van der Waals surface area contributed by atoms with Crippen LogP contribution in [0.25, 0.3) is 0 Å². The van der Waals surface area contributed by atoms with Crippen molar-refractivity contribution in [3.05, 3.63) is 11.8 Å². The van der Waals surface area contributed by atoms with Gasteiger partial charge in [0.1, 0.15) is 5.82 Å². The molecule has 0 spiro atoms. The van der Waals surface area contributed by atoms with E-state index in [0.717, 1.165) is 43.7 Å². The molecule has 22 heavy (non-hydrogen) atoms. The van der Waals surface area contributed by atoms with Crippen molar-refractivity contribution in [1.82, 2.24) is 19.6 Å². The van der Waals surface area contributed by atoms with Gasteiger partial charge in [-0.25, -0.2) is 4.79 Å². The molecule has 1 N–H and O–H groups in total. The van der Waals surface area contributed by atoms with Gasteiger partial charge in [-0.05, 0) is 31.3 Å². The van der Waals surface area contributed by atoms with Gasteiger partial charge < -0.3 is 4.90 Å². The third-order valence-corrected chi connectivity index (χ3v) is 5.59. The molecule has 0 unspecified atom stereocenters. The molecule has 1 aromatic rings. The number of nitrogens with zero attached hydrogens (tertiary/aromatic N) is 4. The van der Waals surface area contributed by atoms with E-state index in [1.54, 1.807) is 4.68 Å². The summed E-state index contributed by atoms with van der Waals surface area (Å²) in [6.45, 7) is 5.54. The molecule has 1 aromatic heterocycles. The first-order chi connectivity index (χ1) is 10.6. The number of carbonyl (C=O) groups is 1. The number of aryl methyl sites for hydroxylation is 2. The first kappa shape index (κ1) is 15.7. The van der Waals surface area contributed by atoms with Crippen molar-refractivity contribution in [2.75, 3.05) is 43.0 Å². The Morgan fingerprint density at radius 3 is 2.55 bits per heavy atom. The third kappa shape index (κ3) is 3.57. The predicted octanol–water partition coefficient (Wildman–Crippen LogP) is 1.77. The third-order valence-electron chi connectivity index (χ3n) is 4.55. The van der Waals surface area contributed by atoms with Crippen LogP contribution in [0, 0.1) is 6.92 Å². The molecule has 2 aliphatic rings. The molecule has 6 nitrogen and oxygen atoms in total. The highest BCUT2D eigenvalue weighted by Gasteiger charge is 2.27. The Kier molecular flexibility index (Phi) is 4.93. The van der Waals surface area contributed by atoms with Crippen molar-refractivity contribution < 1.29 is 4.79 Å². The molecule has 2 aliphatic heterocycles. The van der Waals surface area contributed by atoms with Crippen molar-refractivity contribution in [2.45, 2.75) is 25.8 Å². The quantitative estimate of drug-likeness (QED) is 0.901. The lowest BCUT2D eigenvalue weighted by molar-refractivity contribution is 0.108. The van der Waals surface area contributed by atoms with Gasteiger partial charge in [0.05, 0.1) is 5.69 Å². The number of thioether (sulfide) groups is 1. The van der Waals surface area contributed by atoms with Gasteiger partial charge in [0.2, 0.25) is 0 Å². The fourth-order valence-electron chi connectivity index (χ4n) is 3.26. The molecule has 0 aromatic carbocycles. The van der Waals surface area contributed by atoms with Gasteiger partial charge in [-0.1, -0.05) is 0 Å². The number of nitrogens with one attached hydrogen (secondary N) is 1. The van der Waals surface area contributed by atoms with E-state index in [1.807, 2.05) is 24.9 Å². The molecule has 0 aliphatic carbocycles. The highest BCUT2D eigenvalue weighted by atomic mass is 32.2. The van der Waals surface area contributed by atoms with Gasteiger partial charge in [0, 0.05) is 45.3 Å². The highest BCUT2D eigenvalue weighted by Crippen LogP contribution is 2.22. The minimum Gasteiger partial charge on any atom is -0.322 e. The molecule has 2 amide bonds. The molecule has 0 atom stereocenters. The van der Waals surface area contributed by atoms with Crippen LogP contribution in [0.3, 0.4) is 0 Å². The summed E-state index contributed by atoms with van der Waals surface area (Å²) < 4.78 is 1.71. The molecule has 2 saturated heterocycles. The number of aromatic nitrogens is 2. The summed E-state index contributed by atoms with van der Waals surface area (Å²) in [7, 11) is 1.85. The van der Waals surface area contributed by atoms with Crippen LogP contribution < -0.4 is 5.32 Å². The first-order valence-corrected chi connectivity index (χ1v) is 9.17. The number of anilines is 1. The lowest BCUT2D eigenvalue weighted by Crippen LogP contribution is -2.53.